The predicted octanol–water partition coefficient (Wildman–Crippen LogP) is 0.395. The molecule has 1 aromatic carbocycles. The highest BCUT2D eigenvalue weighted by Crippen LogP contribution is 2.42. The van der Waals surface area contributed by atoms with Crippen LogP contribution in [0.4, 0.5) is 5.82 Å². The zero-order valence-corrected chi connectivity index (χ0v) is 16.1. The molecular weight excluding hydrogens is 374 g/mol. The van der Waals surface area contributed by atoms with Crippen LogP contribution in [0, 0.1) is 0 Å². The standard InChI is InChI=1S/C20H25N5O4/c1-20(28)16(27)14(9-26)29-19(20)25-11-23-15-17(21-10-22-18(15)25)24-7-6-12-4-2-3-5-13(12)8-24/h2-5,10-11,14,16-17,19,26-28H,6-9H2,1H3,(H,21,22)/t14-,16-,17?,19-,20-/m1/s1. The Labute approximate surface area is 168 Å². The summed E-state index contributed by atoms with van der Waals surface area (Å²) in [6.07, 6.45) is 0.981. The maximum Gasteiger partial charge on any atom is 0.168 e. The molecule has 2 aromatic rings. The van der Waals surface area contributed by atoms with Gasteiger partial charge in [-0.1, -0.05) is 24.3 Å². The Balaban J connectivity index is 1.45. The van der Waals surface area contributed by atoms with Crippen LogP contribution in [-0.4, -0.2) is 67.1 Å². The predicted molar refractivity (Wildman–Crippen MR) is 105 cm³/mol. The van der Waals surface area contributed by atoms with E-state index in [2.05, 4.69) is 44.5 Å². The van der Waals surface area contributed by atoms with Crippen molar-refractivity contribution in [2.75, 3.05) is 18.5 Å². The van der Waals surface area contributed by atoms with E-state index in [1.807, 2.05) is 0 Å². The molecule has 4 N–H and O–H groups in total. The monoisotopic (exact) mass is 399 g/mol. The van der Waals surface area contributed by atoms with Crippen molar-refractivity contribution in [1.29, 1.82) is 0 Å². The number of aliphatic hydroxyl groups is 3. The Morgan fingerprint density at radius 3 is 2.86 bits per heavy atom. The van der Waals surface area contributed by atoms with Crippen molar-refractivity contribution in [2.24, 2.45) is 4.99 Å². The van der Waals surface area contributed by atoms with Crippen molar-refractivity contribution in [3.63, 3.8) is 0 Å². The molecular formula is C20H25N5O4. The lowest BCUT2D eigenvalue weighted by molar-refractivity contribution is -0.0957. The number of aliphatic hydroxyl groups excluding tert-OH is 2. The molecule has 0 spiro atoms. The van der Waals surface area contributed by atoms with Crippen LogP contribution in [0.5, 0.6) is 0 Å². The minimum absolute atomic E-state index is 0.245. The lowest BCUT2D eigenvalue weighted by Crippen LogP contribution is -2.44. The smallest absolute Gasteiger partial charge is 0.168 e. The van der Waals surface area contributed by atoms with E-state index in [0.29, 0.717) is 5.82 Å². The summed E-state index contributed by atoms with van der Waals surface area (Å²) in [7, 11) is 0. The number of anilines is 1. The van der Waals surface area contributed by atoms with Gasteiger partial charge in [0.25, 0.3) is 0 Å². The fourth-order valence-electron chi connectivity index (χ4n) is 4.51. The number of imidazole rings is 1. The summed E-state index contributed by atoms with van der Waals surface area (Å²) in [6.45, 7) is 2.78. The third-order valence-electron chi connectivity index (χ3n) is 6.18. The minimum Gasteiger partial charge on any atom is -0.394 e. The molecule has 0 aliphatic carbocycles. The van der Waals surface area contributed by atoms with Gasteiger partial charge in [0.1, 0.15) is 29.3 Å². The molecule has 9 heteroatoms. The molecule has 3 aliphatic rings. The molecule has 1 saturated heterocycles. The van der Waals surface area contributed by atoms with E-state index in [1.165, 1.54) is 18.1 Å². The zero-order chi connectivity index (χ0) is 20.2. The summed E-state index contributed by atoms with van der Waals surface area (Å²) in [5.74, 6) is 0.667. The number of aliphatic imine (C=N–C) groups is 1. The number of hydrogen-bond acceptors (Lipinski definition) is 8. The van der Waals surface area contributed by atoms with Crippen LogP contribution < -0.4 is 5.32 Å². The Hall–Kier alpha value is -2.30. The molecule has 3 aliphatic heterocycles. The first-order valence-electron chi connectivity index (χ1n) is 9.83. The van der Waals surface area contributed by atoms with Gasteiger partial charge in [-0.05, 0) is 24.5 Å². The van der Waals surface area contributed by atoms with Crippen LogP contribution in [0.1, 0.15) is 36.1 Å². The van der Waals surface area contributed by atoms with Crippen molar-refractivity contribution < 1.29 is 20.1 Å². The van der Waals surface area contributed by atoms with E-state index < -0.39 is 24.0 Å². The molecule has 5 rings (SSSR count). The summed E-state index contributed by atoms with van der Waals surface area (Å²) >= 11 is 0. The summed E-state index contributed by atoms with van der Waals surface area (Å²) in [5, 5.41) is 33.7. The maximum absolute atomic E-state index is 10.8. The molecule has 1 aromatic heterocycles. The number of fused-ring (bicyclic) bond motifs is 2. The highest BCUT2D eigenvalue weighted by molar-refractivity contribution is 5.78. The van der Waals surface area contributed by atoms with E-state index >= 15 is 0 Å². The third-order valence-corrected chi connectivity index (χ3v) is 6.18. The number of ether oxygens (including phenoxy) is 1. The van der Waals surface area contributed by atoms with Crippen LogP contribution in [0.3, 0.4) is 0 Å². The number of nitrogens with zero attached hydrogens (tertiary/aromatic N) is 4. The number of aromatic nitrogens is 2. The van der Waals surface area contributed by atoms with Gasteiger partial charge in [-0.15, -0.1) is 0 Å². The molecule has 154 valence electrons. The Kier molecular flexibility index (Phi) is 4.45. The second kappa shape index (κ2) is 6.89. The van der Waals surface area contributed by atoms with Crippen LogP contribution in [-0.2, 0) is 17.7 Å². The van der Waals surface area contributed by atoms with Crippen LogP contribution in [0.25, 0.3) is 0 Å². The Morgan fingerprint density at radius 1 is 1.31 bits per heavy atom. The average Bonchev–Trinajstić information content (AvgIpc) is 3.26. The Bertz CT molecular complexity index is 943. The van der Waals surface area contributed by atoms with Gasteiger partial charge in [-0.25, -0.2) is 9.98 Å². The number of nitrogens with one attached hydrogen (secondary N) is 1. The first-order valence-corrected chi connectivity index (χ1v) is 9.83. The molecule has 1 fully saturated rings. The van der Waals surface area contributed by atoms with Gasteiger partial charge < -0.3 is 25.4 Å². The van der Waals surface area contributed by atoms with E-state index in [4.69, 9.17) is 4.74 Å². The molecule has 29 heavy (non-hydrogen) atoms. The van der Waals surface area contributed by atoms with Crippen molar-refractivity contribution >= 4 is 12.2 Å². The topological polar surface area (TPSA) is 115 Å². The minimum atomic E-state index is -1.57. The lowest BCUT2D eigenvalue weighted by Gasteiger charge is -2.34. The maximum atomic E-state index is 10.8. The number of benzene rings is 1. The van der Waals surface area contributed by atoms with E-state index in [0.717, 1.165) is 25.2 Å². The van der Waals surface area contributed by atoms with Crippen molar-refractivity contribution in [3.8, 4) is 0 Å². The SMILES string of the molecule is C[C@@]1(O)[C@H](O)[C@@H](CO)O[C@H]1n1cnc2c1NC=NC2N1CCc2ccccc2C1. The van der Waals surface area contributed by atoms with Crippen molar-refractivity contribution in [2.45, 2.75) is 50.1 Å². The number of rotatable bonds is 3. The first-order chi connectivity index (χ1) is 14.0. The quantitative estimate of drug-likeness (QED) is 0.590. The van der Waals surface area contributed by atoms with Crippen molar-refractivity contribution in [3.05, 3.63) is 47.4 Å². The molecule has 0 saturated carbocycles. The fourth-order valence-corrected chi connectivity index (χ4v) is 4.51. The molecule has 0 bridgehead atoms. The normalized spacial score (nSPS) is 33.9. The van der Waals surface area contributed by atoms with Gasteiger partial charge in [0, 0.05) is 13.1 Å². The zero-order valence-electron chi connectivity index (χ0n) is 16.1. The van der Waals surface area contributed by atoms with Crippen LogP contribution in [0.15, 0.2) is 35.6 Å². The molecule has 1 unspecified atom stereocenters. The largest absolute Gasteiger partial charge is 0.394 e. The molecule has 9 nitrogen and oxygen atoms in total. The van der Waals surface area contributed by atoms with Gasteiger partial charge >= 0.3 is 0 Å². The fraction of sp³-hybridized carbons (Fsp3) is 0.500. The summed E-state index contributed by atoms with van der Waals surface area (Å²) < 4.78 is 7.42. The molecule has 5 atom stereocenters. The summed E-state index contributed by atoms with van der Waals surface area (Å²) in [4.78, 5) is 11.4. The Morgan fingerprint density at radius 2 is 2.10 bits per heavy atom. The highest BCUT2D eigenvalue weighted by atomic mass is 16.6. The second-order valence-electron chi connectivity index (χ2n) is 8.05. The molecule has 0 amide bonds. The van der Waals surface area contributed by atoms with E-state index in [-0.39, 0.29) is 12.8 Å². The third kappa shape index (κ3) is 2.89. The van der Waals surface area contributed by atoms with E-state index in [1.54, 1.807) is 17.2 Å². The lowest BCUT2D eigenvalue weighted by atomic mass is 9.96. The van der Waals surface area contributed by atoms with Gasteiger partial charge in [-0.3, -0.25) is 9.47 Å². The number of hydrogen-bond donors (Lipinski definition) is 4. The molecule has 0 radical (unpaired) electrons. The summed E-state index contributed by atoms with van der Waals surface area (Å²) in [6, 6.07) is 8.43. The first kappa shape index (κ1) is 18.7. The molecule has 4 heterocycles. The van der Waals surface area contributed by atoms with Gasteiger partial charge in [0.2, 0.25) is 0 Å². The van der Waals surface area contributed by atoms with Gasteiger partial charge in [-0.2, -0.15) is 0 Å². The van der Waals surface area contributed by atoms with Crippen LogP contribution in [0.2, 0.25) is 0 Å². The van der Waals surface area contributed by atoms with E-state index in [9.17, 15) is 15.3 Å². The van der Waals surface area contributed by atoms with Crippen molar-refractivity contribution in [1.82, 2.24) is 14.5 Å². The average molecular weight is 399 g/mol. The van der Waals surface area contributed by atoms with Gasteiger partial charge in [0.15, 0.2) is 12.4 Å². The van der Waals surface area contributed by atoms with Crippen LogP contribution >= 0.6 is 0 Å². The highest BCUT2D eigenvalue weighted by Gasteiger charge is 2.53. The summed E-state index contributed by atoms with van der Waals surface area (Å²) in [5.41, 5.74) is 1.84. The second-order valence-corrected chi connectivity index (χ2v) is 8.05. The van der Waals surface area contributed by atoms with Gasteiger partial charge in [0.05, 0.1) is 19.3 Å².